The van der Waals surface area contributed by atoms with E-state index in [1.54, 1.807) is 30.6 Å². The van der Waals surface area contributed by atoms with E-state index in [0.717, 1.165) is 38.4 Å². The number of allylic oxidation sites excluding steroid dienone is 4. The number of aromatic nitrogens is 1. The van der Waals surface area contributed by atoms with Gasteiger partial charge in [-0.25, -0.2) is 0 Å². The average Bonchev–Trinajstić information content (AvgIpc) is 3.26. The van der Waals surface area contributed by atoms with Crippen molar-refractivity contribution in [2.24, 2.45) is 0 Å². The van der Waals surface area contributed by atoms with Crippen molar-refractivity contribution in [3.8, 4) is 11.1 Å². The molecule has 3 aromatic carbocycles. The van der Waals surface area contributed by atoms with Crippen LogP contribution in [0.3, 0.4) is 0 Å². The SMILES string of the molecule is C=C/C=C(\C=C)P(=O)(c1ccccc1)c1cncc(-c2cccc3c2oc2ccccc23)c1. The van der Waals surface area contributed by atoms with Crippen molar-refractivity contribution in [3.05, 3.63) is 128 Å². The number of furan rings is 1. The second kappa shape index (κ2) is 8.54. The molecule has 0 aliphatic carbocycles. The Labute approximate surface area is 192 Å². The predicted octanol–water partition coefficient (Wildman–Crippen LogP) is 7.22. The van der Waals surface area contributed by atoms with Gasteiger partial charge in [-0.2, -0.15) is 0 Å². The quantitative estimate of drug-likeness (QED) is 0.204. The second-order valence-corrected chi connectivity index (χ2v) is 10.5. The molecule has 1 atom stereocenters. The molecule has 0 spiro atoms. The van der Waals surface area contributed by atoms with Gasteiger partial charge < -0.3 is 8.98 Å². The molecular weight excluding hydrogens is 425 g/mol. The van der Waals surface area contributed by atoms with Gasteiger partial charge in [-0.3, -0.25) is 4.98 Å². The van der Waals surface area contributed by atoms with Gasteiger partial charge in [0.25, 0.3) is 0 Å². The van der Waals surface area contributed by atoms with Crippen molar-refractivity contribution in [1.82, 2.24) is 4.98 Å². The molecule has 0 saturated carbocycles. The highest BCUT2D eigenvalue weighted by Gasteiger charge is 2.31. The zero-order valence-corrected chi connectivity index (χ0v) is 18.9. The first-order chi connectivity index (χ1) is 16.2. The van der Waals surface area contributed by atoms with Gasteiger partial charge in [0, 0.05) is 50.2 Å². The van der Waals surface area contributed by atoms with Gasteiger partial charge in [0.15, 0.2) is 7.14 Å². The summed E-state index contributed by atoms with van der Waals surface area (Å²) in [5.41, 5.74) is 3.38. The molecule has 33 heavy (non-hydrogen) atoms. The number of fused-ring (bicyclic) bond motifs is 3. The zero-order valence-electron chi connectivity index (χ0n) is 18.0. The predicted molar refractivity (Wildman–Crippen MR) is 139 cm³/mol. The third kappa shape index (κ3) is 3.47. The van der Waals surface area contributed by atoms with Crippen LogP contribution in [0.1, 0.15) is 0 Å². The van der Waals surface area contributed by atoms with E-state index in [4.69, 9.17) is 4.42 Å². The summed E-state index contributed by atoms with van der Waals surface area (Å²) in [7, 11) is -3.21. The lowest BCUT2D eigenvalue weighted by atomic mass is 10.0. The molecule has 5 rings (SSSR count). The second-order valence-electron chi connectivity index (χ2n) is 7.69. The summed E-state index contributed by atoms with van der Waals surface area (Å²) in [6.45, 7) is 7.71. The van der Waals surface area contributed by atoms with Crippen LogP contribution in [0.5, 0.6) is 0 Å². The van der Waals surface area contributed by atoms with Crippen molar-refractivity contribution in [2.45, 2.75) is 0 Å². The molecule has 0 aliphatic rings. The highest BCUT2D eigenvalue weighted by molar-refractivity contribution is 7.82. The zero-order chi connectivity index (χ0) is 22.8. The number of hydrogen-bond acceptors (Lipinski definition) is 3. The first-order valence-corrected chi connectivity index (χ1v) is 12.3. The Morgan fingerprint density at radius 2 is 1.61 bits per heavy atom. The van der Waals surface area contributed by atoms with Crippen LogP contribution in [0.4, 0.5) is 0 Å². The molecule has 0 bridgehead atoms. The third-order valence-corrected chi connectivity index (χ3v) is 8.84. The fourth-order valence-corrected chi connectivity index (χ4v) is 6.84. The van der Waals surface area contributed by atoms with Crippen molar-refractivity contribution < 1.29 is 8.98 Å². The highest BCUT2D eigenvalue weighted by atomic mass is 31.2. The Morgan fingerprint density at radius 1 is 0.848 bits per heavy atom. The van der Waals surface area contributed by atoms with Crippen molar-refractivity contribution in [2.75, 3.05) is 0 Å². The number of hydrogen-bond donors (Lipinski definition) is 0. The van der Waals surface area contributed by atoms with E-state index >= 15 is 0 Å². The van der Waals surface area contributed by atoms with Crippen LogP contribution in [-0.4, -0.2) is 4.98 Å². The molecule has 160 valence electrons. The average molecular weight is 447 g/mol. The monoisotopic (exact) mass is 447 g/mol. The minimum absolute atomic E-state index is 0.615. The minimum atomic E-state index is -3.21. The van der Waals surface area contributed by atoms with E-state index in [2.05, 4.69) is 30.3 Å². The maximum Gasteiger partial charge on any atom is 0.172 e. The molecule has 0 saturated heterocycles. The van der Waals surface area contributed by atoms with Crippen LogP contribution >= 0.6 is 7.14 Å². The summed E-state index contributed by atoms with van der Waals surface area (Å²) in [6.07, 6.45) is 8.50. The Balaban J connectivity index is 1.75. The summed E-state index contributed by atoms with van der Waals surface area (Å²) in [5, 5.41) is 4.07. The van der Waals surface area contributed by atoms with Crippen LogP contribution in [-0.2, 0) is 4.57 Å². The fraction of sp³-hybridized carbons (Fsp3) is 0. The van der Waals surface area contributed by atoms with E-state index < -0.39 is 7.14 Å². The van der Waals surface area contributed by atoms with E-state index in [9.17, 15) is 4.57 Å². The number of pyridine rings is 1. The maximum absolute atomic E-state index is 14.7. The van der Waals surface area contributed by atoms with Gasteiger partial charge in [-0.15, -0.1) is 0 Å². The molecule has 0 amide bonds. The van der Waals surface area contributed by atoms with Crippen molar-refractivity contribution >= 4 is 39.7 Å². The van der Waals surface area contributed by atoms with E-state index in [1.807, 2.05) is 66.7 Å². The molecule has 2 aromatic heterocycles. The number of nitrogens with zero attached hydrogens (tertiary/aromatic N) is 1. The molecule has 3 nitrogen and oxygen atoms in total. The van der Waals surface area contributed by atoms with Gasteiger partial charge >= 0.3 is 0 Å². The Kier molecular flexibility index (Phi) is 5.42. The lowest BCUT2D eigenvalue weighted by molar-refractivity contribution is 0.591. The smallest absolute Gasteiger partial charge is 0.172 e. The topological polar surface area (TPSA) is 43.1 Å². The van der Waals surface area contributed by atoms with Gasteiger partial charge in [0.05, 0.1) is 0 Å². The van der Waals surface area contributed by atoms with Crippen LogP contribution in [0.15, 0.2) is 132 Å². The summed E-state index contributed by atoms with van der Waals surface area (Å²) >= 11 is 0. The van der Waals surface area contributed by atoms with E-state index in [1.165, 1.54) is 0 Å². The normalized spacial score (nSPS) is 13.6. The number of rotatable bonds is 6. The third-order valence-electron chi connectivity index (χ3n) is 5.78. The molecule has 5 aromatic rings. The first kappa shape index (κ1) is 20.9. The number of benzene rings is 3. The molecule has 1 unspecified atom stereocenters. The standard InChI is InChI=1S/C29H22NO2P/c1-3-11-22(4-2)33(31,23-12-6-5-7-13-23)24-18-21(19-30-20-24)25-15-10-16-27-26-14-8-9-17-28(26)32-29(25)27/h3-20H,1-2H2/b22-11+. The maximum atomic E-state index is 14.7. The largest absolute Gasteiger partial charge is 0.455 e. The lowest BCUT2D eigenvalue weighted by Crippen LogP contribution is -2.17. The Hall–Kier alpha value is -3.94. The van der Waals surface area contributed by atoms with Gasteiger partial charge in [0.1, 0.15) is 11.2 Å². The lowest BCUT2D eigenvalue weighted by Gasteiger charge is -2.21. The van der Waals surface area contributed by atoms with Crippen LogP contribution in [0, 0.1) is 0 Å². The van der Waals surface area contributed by atoms with E-state index in [0.29, 0.717) is 10.6 Å². The van der Waals surface area contributed by atoms with Crippen LogP contribution in [0.2, 0.25) is 0 Å². The van der Waals surface area contributed by atoms with Crippen molar-refractivity contribution in [1.29, 1.82) is 0 Å². The molecule has 0 aliphatic heterocycles. The fourth-order valence-electron chi connectivity index (χ4n) is 4.23. The highest BCUT2D eigenvalue weighted by Crippen LogP contribution is 2.52. The van der Waals surface area contributed by atoms with E-state index in [-0.39, 0.29) is 0 Å². The van der Waals surface area contributed by atoms with Crippen LogP contribution in [0.25, 0.3) is 33.1 Å². The van der Waals surface area contributed by atoms with Crippen molar-refractivity contribution in [3.63, 3.8) is 0 Å². The first-order valence-electron chi connectivity index (χ1n) is 10.6. The molecule has 0 radical (unpaired) electrons. The van der Waals surface area contributed by atoms with Gasteiger partial charge in [-0.05, 0) is 12.1 Å². The summed E-state index contributed by atoms with van der Waals surface area (Å²) in [5.74, 6) is 0. The summed E-state index contributed by atoms with van der Waals surface area (Å²) < 4.78 is 20.9. The molecule has 4 heteroatoms. The molecule has 2 heterocycles. The molecule has 0 N–H and O–H groups in total. The summed E-state index contributed by atoms with van der Waals surface area (Å²) in [4.78, 5) is 4.49. The summed E-state index contributed by atoms with van der Waals surface area (Å²) in [6, 6.07) is 25.5. The van der Waals surface area contributed by atoms with Crippen LogP contribution < -0.4 is 10.6 Å². The van der Waals surface area contributed by atoms with Gasteiger partial charge in [-0.1, -0.05) is 98.1 Å². The molecular formula is C29H22NO2P. The van der Waals surface area contributed by atoms with Gasteiger partial charge in [0.2, 0.25) is 0 Å². The molecule has 0 fully saturated rings. The Morgan fingerprint density at radius 3 is 2.39 bits per heavy atom. The number of para-hydroxylation sites is 2. The Bertz CT molecular complexity index is 1580. The minimum Gasteiger partial charge on any atom is -0.455 e.